The average molecular weight is 309 g/mol. The van der Waals surface area contributed by atoms with Crippen molar-refractivity contribution < 1.29 is 5.11 Å². The third kappa shape index (κ3) is 2.52. The lowest BCUT2D eigenvalue weighted by Gasteiger charge is -2.07. The maximum absolute atomic E-state index is 11.9. The van der Waals surface area contributed by atoms with E-state index in [1.54, 1.807) is 6.92 Å². The number of aromatic nitrogens is 2. The number of rotatable bonds is 3. The number of halogens is 1. The lowest BCUT2D eigenvalue weighted by atomic mass is 10.1. The Balaban J connectivity index is 2.55. The Morgan fingerprint density at radius 1 is 1.39 bits per heavy atom. The van der Waals surface area contributed by atoms with Crippen molar-refractivity contribution in [1.82, 2.24) is 9.97 Å². The quantitative estimate of drug-likeness (QED) is 0.912. The first-order valence-electron chi connectivity index (χ1n) is 5.59. The van der Waals surface area contributed by atoms with Crippen LogP contribution in [0.2, 0.25) is 0 Å². The fourth-order valence-corrected chi connectivity index (χ4v) is 2.27. The van der Waals surface area contributed by atoms with Gasteiger partial charge in [-0.1, -0.05) is 34.1 Å². The number of aromatic amines is 1. The van der Waals surface area contributed by atoms with Gasteiger partial charge in [0.25, 0.3) is 5.56 Å². The summed E-state index contributed by atoms with van der Waals surface area (Å²) in [5.41, 5.74) is 1.84. The standard InChI is InChI=1S/C13H13BrN2O2/c1-8-9(6-7-17)13(18)16-12(15-8)10-4-2-3-5-11(10)14/h2-5,17H,6-7H2,1H3,(H,15,16,18). The fourth-order valence-electron chi connectivity index (χ4n) is 1.80. The van der Waals surface area contributed by atoms with Gasteiger partial charge in [-0.25, -0.2) is 4.98 Å². The lowest BCUT2D eigenvalue weighted by molar-refractivity contribution is 0.298. The molecule has 2 rings (SSSR count). The minimum absolute atomic E-state index is 0.0556. The van der Waals surface area contributed by atoms with Crippen LogP contribution >= 0.6 is 15.9 Å². The first-order chi connectivity index (χ1) is 8.63. The van der Waals surface area contributed by atoms with Crippen molar-refractivity contribution in [2.75, 3.05) is 6.61 Å². The normalized spacial score (nSPS) is 10.6. The van der Waals surface area contributed by atoms with Crippen LogP contribution in [0, 0.1) is 6.92 Å². The van der Waals surface area contributed by atoms with Gasteiger partial charge in [0.15, 0.2) is 0 Å². The minimum Gasteiger partial charge on any atom is -0.396 e. The predicted molar refractivity (Wildman–Crippen MR) is 73.5 cm³/mol. The molecular weight excluding hydrogens is 296 g/mol. The van der Waals surface area contributed by atoms with Crippen LogP contribution in [0.25, 0.3) is 11.4 Å². The summed E-state index contributed by atoms with van der Waals surface area (Å²) in [4.78, 5) is 19.1. The Hall–Kier alpha value is -1.46. The van der Waals surface area contributed by atoms with E-state index >= 15 is 0 Å². The minimum atomic E-state index is -0.192. The van der Waals surface area contributed by atoms with E-state index in [1.807, 2.05) is 24.3 Å². The van der Waals surface area contributed by atoms with Gasteiger partial charge in [0.2, 0.25) is 0 Å². The molecule has 0 aliphatic carbocycles. The molecule has 0 fully saturated rings. The Morgan fingerprint density at radius 2 is 2.11 bits per heavy atom. The second kappa shape index (κ2) is 5.46. The number of aliphatic hydroxyl groups is 1. The van der Waals surface area contributed by atoms with Crippen LogP contribution in [-0.4, -0.2) is 21.7 Å². The zero-order valence-corrected chi connectivity index (χ0v) is 11.5. The fraction of sp³-hybridized carbons (Fsp3) is 0.231. The van der Waals surface area contributed by atoms with Gasteiger partial charge < -0.3 is 10.1 Å². The van der Waals surface area contributed by atoms with Gasteiger partial charge in [-0.2, -0.15) is 0 Å². The summed E-state index contributed by atoms with van der Waals surface area (Å²) >= 11 is 3.43. The molecule has 5 heteroatoms. The van der Waals surface area contributed by atoms with Crippen LogP contribution in [0.1, 0.15) is 11.3 Å². The van der Waals surface area contributed by atoms with Gasteiger partial charge in [0.1, 0.15) is 5.82 Å². The lowest BCUT2D eigenvalue weighted by Crippen LogP contribution is -2.18. The molecule has 0 aliphatic rings. The number of hydrogen-bond donors (Lipinski definition) is 2. The Morgan fingerprint density at radius 3 is 2.72 bits per heavy atom. The molecule has 0 radical (unpaired) electrons. The average Bonchev–Trinajstić information content (AvgIpc) is 2.34. The van der Waals surface area contributed by atoms with Gasteiger partial charge in [-0.15, -0.1) is 0 Å². The van der Waals surface area contributed by atoms with Crippen molar-refractivity contribution in [1.29, 1.82) is 0 Å². The van der Waals surface area contributed by atoms with Crippen molar-refractivity contribution >= 4 is 15.9 Å². The first-order valence-corrected chi connectivity index (χ1v) is 6.38. The molecule has 4 nitrogen and oxygen atoms in total. The number of aliphatic hydroxyl groups excluding tert-OH is 1. The van der Waals surface area contributed by atoms with Crippen LogP contribution < -0.4 is 5.56 Å². The molecule has 18 heavy (non-hydrogen) atoms. The largest absolute Gasteiger partial charge is 0.396 e. The molecule has 94 valence electrons. The molecule has 0 unspecified atom stereocenters. The van der Waals surface area contributed by atoms with Gasteiger partial charge >= 0.3 is 0 Å². The van der Waals surface area contributed by atoms with E-state index in [0.29, 0.717) is 23.5 Å². The van der Waals surface area contributed by atoms with Gasteiger partial charge in [0.05, 0.1) is 0 Å². The van der Waals surface area contributed by atoms with Gasteiger partial charge in [-0.3, -0.25) is 4.79 Å². The third-order valence-electron chi connectivity index (χ3n) is 2.71. The predicted octanol–water partition coefficient (Wildman–Crippen LogP) is 2.04. The molecule has 0 amide bonds. The number of benzene rings is 1. The molecule has 2 aromatic rings. The van der Waals surface area contributed by atoms with Crippen molar-refractivity contribution in [3.8, 4) is 11.4 Å². The number of aryl methyl sites for hydroxylation is 1. The number of hydrogen-bond acceptors (Lipinski definition) is 3. The van der Waals surface area contributed by atoms with Crippen molar-refractivity contribution in [2.24, 2.45) is 0 Å². The summed E-state index contributed by atoms with van der Waals surface area (Å²) in [6.07, 6.45) is 0.324. The Bertz CT molecular complexity index is 623. The number of nitrogens with one attached hydrogen (secondary N) is 1. The highest BCUT2D eigenvalue weighted by molar-refractivity contribution is 9.10. The van der Waals surface area contributed by atoms with Gasteiger partial charge in [-0.05, 0) is 13.0 Å². The van der Waals surface area contributed by atoms with Gasteiger partial charge in [0, 0.05) is 34.3 Å². The highest BCUT2D eigenvalue weighted by atomic mass is 79.9. The molecule has 1 aromatic carbocycles. The summed E-state index contributed by atoms with van der Waals surface area (Å²) in [7, 11) is 0. The molecule has 0 saturated carbocycles. The van der Waals surface area contributed by atoms with Crippen molar-refractivity contribution in [3.63, 3.8) is 0 Å². The third-order valence-corrected chi connectivity index (χ3v) is 3.40. The number of nitrogens with zero attached hydrogens (tertiary/aromatic N) is 1. The summed E-state index contributed by atoms with van der Waals surface area (Å²) in [6.45, 7) is 1.72. The summed E-state index contributed by atoms with van der Waals surface area (Å²) in [5, 5.41) is 8.91. The maximum Gasteiger partial charge on any atom is 0.254 e. The summed E-state index contributed by atoms with van der Waals surface area (Å²) in [5.74, 6) is 0.534. The maximum atomic E-state index is 11.9. The topological polar surface area (TPSA) is 66.0 Å². The first kappa shape index (κ1) is 13.0. The van der Waals surface area contributed by atoms with E-state index < -0.39 is 0 Å². The zero-order valence-electron chi connectivity index (χ0n) is 9.90. The van der Waals surface area contributed by atoms with Crippen LogP contribution in [-0.2, 0) is 6.42 Å². The van der Waals surface area contributed by atoms with Crippen LogP contribution in [0.5, 0.6) is 0 Å². The monoisotopic (exact) mass is 308 g/mol. The van der Waals surface area contributed by atoms with E-state index in [-0.39, 0.29) is 12.2 Å². The van der Waals surface area contributed by atoms with E-state index in [0.717, 1.165) is 10.0 Å². The summed E-state index contributed by atoms with van der Waals surface area (Å²) < 4.78 is 0.877. The second-order valence-electron chi connectivity index (χ2n) is 3.93. The Kier molecular flexibility index (Phi) is 3.93. The molecule has 2 N–H and O–H groups in total. The molecule has 0 bridgehead atoms. The number of H-pyrrole nitrogens is 1. The molecule has 0 spiro atoms. The highest BCUT2D eigenvalue weighted by Crippen LogP contribution is 2.24. The van der Waals surface area contributed by atoms with Crippen LogP contribution in [0.3, 0.4) is 0 Å². The summed E-state index contributed by atoms with van der Waals surface area (Å²) in [6, 6.07) is 7.57. The molecule has 1 heterocycles. The van der Waals surface area contributed by atoms with Crippen LogP contribution in [0.15, 0.2) is 33.5 Å². The van der Waals surface area contributed by atoms with Crippen LogP contribution in [0.4, 0.5) is 0 Å². The second-order valence-corrected chi connectivity index (χ2v) is 4.79. The molecule has 0 atom stereocenters. The molecule has 0 saturated heterocycles. The molecule has 0 aliphatic heterocycles. The van der Waals surface area contributed by atoms with E-state index in [9.17, 15) is 4.79 Å². The SMILES string of the molecule is Cc1nc(-c2ccccc2Br)[nH]c(=O)c1CCO. The van der Waals surface area contributed by atoms with Crippen molar-refractivity contribution in [2.45, 2.75) is 13.3 Å². The molecule has 1 aromatic heterocycles. The van der Waals surface area contributed by atoms with Crippen molar-refractivity contribution in [3.05, 3.63) is 50.3 Å². The van der Waals surface area contributed by atoms with E-state index in [1.165, 1.54) is 0 Å². The smallest absolute Gasteiger partial charge is 0.254 e. The zero-order chi connectivity index (χ0) is 13.1. The highest BCUT2D eigenvalue weighted by Gasteiger charge is 2.10. The molecular formula is C13H13BrN2O2. The van der Waals surface area contributed by atoms with E-state index in [2.05, 4.69) is 25.9 Å². The Labute approximate surface area is 113 Å². The van der Waals surface area contributed by atoms with E-state index in [4.69, 9.17) is 5.11 Å².